The summed E-state index contributed by atoms with van der Waals surface area (Å²) >= 11 is 1.40. The van der Waals surface area contributed by atoms with Gasteiger partial charge in [-0.1, -0.05) is 42.0 Å². The first-order valence-corrected chi connectivity index (χ1v) is 11.4. The van der Waals surface area contributed by atoms with Gasteiger partial charge in [-0.15, -0.1) is 11.3 Å². The van der Waals surface area contributed by atoms with Crippen molar-refractivity contribution in [2.24, 2.45) is 0 Å². The molecular weight excluding hydrogens is 404 g/mol. The molecule has 5 rings (SSSR count). The van der Waals surface area contributed by atoms with E-state index < -0.39 is 0 Å². The minimum atomic E-state index is -0.0826. The Morgan fingerprint density at radius 1 is 1.06 bits per heavy atom. The normalized spacial score (nSPS) is 13.2. The minimum Gasteiger partial charge on any atom is -0.497 e. The number of thiophene rings is 1. The van der Waals surface area contributed by atoms with Crippen molar-refractivity contribution in [3.63, 3.8) is 0 Å². The molecule has 2 aromatic carbocycles. The van der Waals surface area contributed by atoms with Crippen molar-refractivity contribution >= 4 is 33.0 Å². The lowest BCUT2D eigenvalue weighted by Gasteiger charge is -2.20. The van der Waals surface area contributed by atoms with Gasteiger partial charge in [0.25, 0.3) is 0 Å². The van der Waals surface area contributed by atoms with E-state index in [2.05, 4.69) is 31.2 Å². The number of ether oxygens (including phenoxy) is 1. The number of hydrogen-bond donors (Lipinski definition) is 1. The van der Waals surface area contributed by atoms with Crippen molar-refractivity contribution in [1.82, 2.24) is 4.98 Å². The average molecular weight is 429 g/mol. The number of rotatable bonds is 4. The van der Waals surface area contributed by atoms with Gasteiger partial charge in [0.2, 0.25) is 5.78 Å². The number of aromatic nitrogens is 1. The SMILES string of the molecule is COc1cccc(C(=O)c2sc3nc(-c4ccc(C)cc4)c4c(c3c2N)CCCC4)c1. The van der Waals surface area contributed by atoms with E-state index in [4.69, 9.17) is 15.5 Å². The number of nitrogen functional groups attached to an aromatic ring is 1. The number of hydrogen-bond acceptors (Lipinski definition) is 5. The Balaban J connectivity index is 1.70. The molecule has 4 nitrogen and oxygen atoms in total. The highest BCUT2D eigenvalue weighted by molar-refractivity contribution is 7.21. The van der Waals surface area contributed by atoms with Crippen LogP contribution in [0.3, 0.4) is 0 Å². The first-order chi connectivity index (χ1) is 15.1. The number of pyridine rings is 1. The van der Waals surface area contributed by atoms with Gasteiger partial charge >= 0.3 is 0 Å². The molecule has 0 radical (unpaired) electrons. The number of nitrogens with two attached hydrogens (primary N) is 1. The van der Waals surface area contributed by atoms with Crippen LogP contribution in [0.15, 0.2) is 48.5 Å². The smallest absolute Gasteiger partial charge is 0.205 e. The van der Waals surface area contributed by atoms with Crippen LogP contribution in [0.4, 0.5) is 5.69 Å². The van der Waals surface area contributed by atoms with Crippen LogP contribution in [0.2, 0.25) is 0 Å². The highest BCUT2D eigenvalue weighted by atomic mass is 32.1. The first kappa shape index (κ1) is 19.8. The predicted octanol–water partition coefficient (Wildman–Crippen LogP) is 5.97. The van der Waals surface area contributed by atoms with E-state index in [1.807, 2.05) is 12.1 Å². The molecule has 0 bridgehead atoms. The van der Waals surface area contributed by atoms with Gasteiger partial charge in [-0.3, -0.25) is 4.79 Å². The standard InChI is InChI=1S/C26H24N2O2S/c1-15-10-12-16(13-11-15)23-20-9-4-3-8-19(20)21-22(27)25(31-26(21)28-23)24(29)17-6-5-7-18(14-17)30-2/h5-7,10-14H,3-4,8-9,27H2,1-2H3. The van der Waals surface area contributed by atoms with E-state index in [0.717, 1.165) is 47.2 Å². The molecule has 4 aromatic rings. The Hall–Kier alpha value is -3.18. The Morgan fingerprint density at radius 3 is 2.55 bits per heavy atom. The minimum absolute atomic E-state index is 0.0826. The Morgan fingerprint density at radius 2 is 1.81 bits per heavy atom. The average Bonchev–Trinajstić information content (AvgIpc) is 3.15. The van der Waals surface area contributed by atoms with Gasteiger partial charge in [0.15, 0.2) is 0 Å². The number of benzene rings is 2. The van der Waals surface area contributed by atoms with Crippen LogP contribution >= 0.6 is 11.3 Å². The molecule has 1 aliphatic rings. The van der Waals surface area contributed by atoms with Gasteiger partial charge in [-0.2, -0.15) is 0 Å². The zero-order valence-corrected chi connectivity index (χ0v) is 18.5. The van der Waals surface area contributed by atoms with E-state index in [1.165, 1.54) is 28.0 Å². The summed E-state index contributed by atoms with van der Waals surface area (Å²) in [6, 6.07) is 15.7. The zero-order valence-electron chi connectivity index (χ0n) is 17.7. The summed E-state index contributed by atoms with van der Waals surface area (Å²) in [5.41, 5.74) is 13.7. The van der Waals surface area contributed by atoms with Gasteiger partial charge < -0.3 is 10.5 Å². The van der Waals surface area contributed by atoms with Gasteiger partial charge in [0.05, 0.1) is 18.5 Å². The molecule has 0 spiro atoms. The van der Waals surface area contributed by atoms with Crippen molar-refractivity contribution in [2.75, 3.05) is 12.8 Å². The van der Waals surface area contributed by atoms with E-state index >= 15 is 0 Å². The first-order valence-electron chi connectivity index (χ1n) is 10.6. The van der Waals surface area contributed by atoms with Crippen molar-refractivity contribution in [3.8, 4) is 17.0 Å². The van der Waals surface area contributed by atoms with Crippen LogP contribution in [0.1, 0.15) is 44.8 Å². The van der Waals surface area contributed by atoms with E-state index in [9.17, 15) is 4.79 Å². The maximum Gasteiger partial charge on any atom is 0.205 e. The lowest BCUT2D eigenvalue weighted by atomic mass is 9.86. The monoisotopic (exact) mass is 428 g/mol. The van der Waals surface area contributed by atoms with E-state index in [1.54, 1.807) is 19.2 Å². The molecular formula is C26H24N2O2S. The van der Waals surface area contributed by atoms with Crippen LogP contribution in [-0.4, -0.2) is 17.9 Å². The van der Waals surface area contributed by atoms with Crippen LogP contribution in [-0.2, 0) is 12.8 Å². The number of fused-ring (bicyclic) bond motifs is 3. The molecule has 0 fully saturated rings. The second kappa shape index (κ2) is 7.82. The number of aryl methyl sites for hydroxylation is 2. The highest BCUT2D eigenvalue weighted by Crippen LogP contribution is 2.42. The number of methoxy groups -OCH3 is 1. The maximum absolute atomic E-state index is 13.3. The quantitative estimate of drug-likeness (QED) is 0.407. The van der Waals surface area contributed by atoms with Crippen molar-refractivity contribution in [2.45, 2.75) is 32.6 Å². The molecule has 0 unspecified atom stereocenters. The topological polar surface area (TPSA) is 65.2 Å². The van der Waals surface area contributed by atoms with Crippen LogP contribution in [0.5, 0.6) is 5.75 Å². The van der Waals surface area contributed by atoms with Crippen LogP contribution in [0.25, 0.3) is 21.5 Å². The molecule has 31 heavy (non-hydrogen) atoms. The molecule has 0 amide bonds. The summed E-state index contributed by atoms with van der Waals surface area (Å²) in [5.74, 6) is 0.573. The van der Waals surface area contributed by atoms with Gasteiger partial charge in [0, 0.05) is 16.5 Å². The fraction of sp³-hybridized carbons (Fsp3) is 0.231. The highest BCUT2D eigenvalue weighted by Gasteiger charge is 2.26. The Kier molecular flexibility index (Phi) is 4.98. The third-order valence-electron chi connectivity index (χ3n) is 6.06. The summed E-state index contributed by atoms with van der Waals surface area (Å²) in [6.07, 6.45) is 4.25. The third kappa shape index (κ3) is 3.39. The Bertz CT molecular complexity index is 1310. The lowest BCUT2D eigenvalue weighted by Crippen LogP contribution is -2.08. The lowest BCUT2D eigenvalue weighted by molar-refractivity contribution is 0.104. The molecule has 2 aromatic heterocycles. The molecule has 0 aliphatic heterocycles. The molecule has 0 saturated carbocycles. The molecule has 2 heterocycles. The number of carbonyl (C=O) groups is 1. The summed E-state index contributed by atoms with van der Waals surface area (Å²) in [7, 11) is 1.60. The van der Waals surface area contributed by atoms with Gasteiger partial charge in [-0.25, -0.2) is 4.98 Å². The molecule has 0 atom stereocenters. The molecule has 156 valence electrons. The van der Waals surface area contributed by atoms with Crippen molar-refractivity contribution < 1.29 is 9.53 Å². The van der Waals surface area contributed by atoms with Gasteiger partial charge in [-0.05, 0) is 55.9 Å². The second-order valence-corrected chi connectivity index (χ2v) is 9.08. The van der Waals surface area contributed by atoms with E-state index in [0.29, 0.717) is 21.9 Å². The van der Waals surface area contributed by atoms with Crippen molar-refractivity contribution in [3.05, 3.63) is 75.7 Å². The molecule has 1 aliphatic carbocycles. The summed E-state index contributed by atoms with van der Waals surface area (Å²) < 4.78 is 5.29. The fourth-order valence-corrected chi connectivity index (χ4v) is 5.52. The number of nitrogens with zero attached hydrogens (tertiary/aromatic N) is 1. The summed E-state index contributed by atoms with van der Waals surface area (Å²) in [5, 5.41) is 0.974. The third-order valence-corrected chi connectivity index (χ3v) is 7.16. The second-order valence-electron chi connectivity index (χ2n) is 8.08. The molecule has 2 N–H and O–H groups in total. The largest absolute Gasteiger partial charge is 0.497 e. The Labute approximate surface area is 185 Å². The zero-order chi connectivity index (χ0) is 21.5. The molecule has 5 heteroatoms. The van der Waals surface area contributed by atoms with E-state index in [-0.39, 0.29) is 5.78 Å². The van der Waals surface area contributed by atoms with Crippen LogP contribution < -0.4 is 10.5 Å². The van der Waals surface area contributed by atoms with Crippen molar-refractivity contribution in [1.29, 1.82) is 0 Å². The fourth-order valence-electron chi connectivity index (χ4n) is 4.43. The predicted molar refractivity (Wildman–Crippen MR) is 127 cm³/mol. The summed E-state index contributed by atoms with van der Waals surface area (Å²) in [6.45, 7) is 2.09. The number of carbonyl (C=O) groups excluding carboxylic acids is 1. The molecule has 0 saturated heterocycles. The van der Waals surface area contributed by atoms with Gasteiger partial charge in [0.1, 0.15) is 15.5 Å². The maximum atomic E-state index is 13.3. The number of anilines is 1. The van der Waals surface area contributed by atoms with Crippen LogP contribution in [0, 0.1) is 6.92 Å². The summed E-state index contributed by atoms with van der Waals surface area (Å²) in [4.78, 5) is 19.8. The number of ketones is 1.